The van der Waals surface area contributed by atoms with Crippen molar-refractivity contribution in [1.82, 2.24) is 0 Å². The maximum absolute atomic E-state index is 12.5. The van der Waals surface area contributed by atoms with Crippen LogP contribution in [0.2, 0.25) is 0 Å². The number of carbonyl (C=O) groups is 1. The molecule has 2 nitrogen and oxygen atoms in total. The van der Waals surface area contributed by atoms with E-state index in [2.05, 4.69) is 24.8 Å². The van der Waals surface area contributed by atoms with Crippen LogP contribution in [0.1, 0.15) is 32.3 Å². The van der Waals surface area contributed by atoms with E-state index < -0.39 is 0 Å². The van der Waals surface area contributed by atoms with Crippen LogP contribution in [0.15, 0.2) is 24.3 Å². The first-order valence-corrected chi connectivity index (χ1v) is 7.20. The van der Waals surface area contributed by atoms with Crippen LogP contribution in [-0.2, 0) is 11.2 Å². The number of carbonyl (C=O) groups excluding carboxylic acids is 1. The minimum Gasteiger partial charge on any atom is -0.311 e. The van der Waals surface area contributed by atoms with E-state index in [0.29, 0.717) is 0 Å². The van der Waals surface area contributed by atoms with Gasteiger partial charge in [0.2, 0.25) is 5.91 Å². The van der Waals surface area contributed by atoms with Crippen LogP contribution in [0.5, 0.6) is 0 Å². The van der Waals surface area contributed by atoms with Crippen LogP contribution in [0.4, 0.5) is 5.69 Å². The number of thiol groups is 1. The lowest BCUT2D eigenvalue weighted by Gasteiger charge is -2.27. The Morgan fingerprint density at radius 3 is 2.72 bits per heavy atom. The van der Waals surface area contributed by atoms with Gasteiger partial charge in [-0.25, -0.2) is 0 Å². The number of fused-ring (bicyclic) bond motifs is 1. The summed E-state index contributed by atoms with van der Waals surface area (Å²) in [5.41, 5.74) is 2.37. The summed E-state index contributed by atoms with van der Waals surface area (Å²) in [5, 5.41) is -0.212. The number of nitrogens with zero attached hydrogens (tertiary/aromatic N) is 1. The molecule has 1 aromatic carbocycles. The van der Waals surface area contributed by atoms with Gasteiger partial charge < -0.3 is 4.90 Å². The molecule has 98 valence electrons. The van der Waals surface area contributed by atoms with Gasteiger partial charge in [0.15, 0.2) is 0 Å². The average molecular weight is 263 g/mol. The monoisotopic (exact) mass is 263 g/mol. The molecule has 1 atom stereocenters. The second-order valence-corrected chi connectivity index (χ2v) is 5.82. The molecule has 18 heavy (non-hydrogen) atoms. The molecule has 3 heteroatoms. The van der Waals surface area contributed by atoms with Crippen molar-refractivity contribution in [2.24, 2.45) is 5.92 Å². The van der Waals surface area contributed by atoms with E-state index in [0.717, 1.165) is 31.5 Å². The zero-order valence-electron chi connectivity index (χ0n) is 11.1. The summed E-state index contributed by atoms with van der Waals surface area (Å²) in [6.45, 7) is 4.90. The van der Waals surface area contributed by atoms with Gasteiger partial charge in [0, 0.05) is 12.2 Å². The molecular weight excluding hydrogens is 242 g/mol. The largest absolute Gasteiger partial charge is 0.311 e. The molecule has 0 bridgehead atoms. The van der Waals surface area contributed by atoms with Crippen LogP contribution in [-0.4, -0.2) is 17.7 Å². The Morgan fingerprint density at radius 1 is 1.28 bits per heavy atom. The van der Waals surface area contributed by atoms with Gasteiger partial charge in [-0.05, 0) is 36.8 Å². The number of hydrogen-bond acceptors (Lipinski definition) is 2. The fourth-order valence-electron chi connectivity index (χ4n) is 2.37. The van der Waals surface area contributed by atoms with Crippen molar-refractivity contribution >= 4 is 24.2 Å². The Balaban J connectivity index is 2.30. The zero-order chi connectivity index (χ0) is 13.1. The van der Waals surface area contributed by atoms with E-state index in [1.807, 2.05) is 30.9 Å². The second kappa shape index (κ2) is 5.79. The molecule has 0 saturated carbocycles. The van der Waals surface area contributed by atoms with Gasteiger partial charge in [0.25, 0.3) is 0 Å². The number of hydrogen-bond donors (Lipinski definition) is 1. The highest BCUT2D eigenvalue weighted by Crippen LogP contribution is 2.28. The third-order valence-electron chi connectivity index (χ3n) is 3.51. The van der Waals surface area contributed by atoms with Gasteiger partial charge in [-0.1, -0.05) is 32.0 Å². The first-order chi connectivity index (χ1) is 8.61. The molecular formula is C15H21NOS. The number of amides is 1. The Morgan fingerprint density at radius 2 is 2.00 bits per heavy atom. The normalized spacial score (nSPS) is 17.2. The summed E-state index contributed by atoms with van der Waals surface area (Å²) in [4.78, 5) is 14.4. The molecule has 0 aromatic heterocycles. The molecule has 1 aliphatic heterocycles. The maximum atomic E-state index is 12.5. The van der Waals surface area contributed by atoms with Crippen molar-refractivity contribution in [3.8, 4) is 0 Å². The Bertz CT molecular complexity index is 430. The van der Waals surface area contributed by atoms with Crippen LogP contribution < -0.4 is 4.90 Å². The molecule has 0 saturated heterocycles. The van der Waals surface area contributed by atoms with Gasteiger partial charge in [0.1, 0.15) is 0 Å². The topological polar surface area (TPSA) is 20.3 Å². The lowest BCUT2D eigenvalue weighted by molar-refractivity contribution is -0.118. The molecule has 1 unspecified atom stereocenters. The van der Waals surface area contributed by atoms with Crippen molar-refractivity contribution < 1.29 is 4.79 Å². The number of anilines is 1. The van der Waals surface area contributed by atoms with Crippen molar-refractivity contribution in [3.05, 3.63) is 29.8 Å². The average Bonchev–Trinajstić information content (AvgIpc) is 2.59. The molecule has 2 rings (SSSR count). The first kappa shape index (κ1) is 13.5. The molecule has 0 aliphatic carbocycles. The van der Waals surface area contributed by atoms with Gasteiger partial charge in [-0.15, -0.1) is 0 Å². The smallest absolute Gasteiger partial charge is 0.240 e. The van der Waals surface area contributed by atoms with Gasteiger partial charge >= 0.3 is 0 Å². The van der Waals surface area contributed by atoms with Gasteiger partial charge in [-0.2, -0.15) is 12.6 Å². The Hall–Kier alpha value is -0.960. The molecule has 0 fully saturated rings. The van der Waals surface area contributed by atoms with Crippen molar-refractivity contribution in [2.45, 2.75) is 38.4 Å². The summed E-state index contributed by atoms with van der Waals surface area (Å²) in [7, 11) is 0. The summed E-state index contributed by atoms with van der Waals surface area (Å²) in [5.74, 6) is 0.402. The van der Waals surface area contributed by atoms with Gasteiger partial charge in [-0.3, -0.25) is 4.79 Å². The Labute approximate surface area is 115 Å². The SMILES string of the molecule is CC(C)C(S)C(=O)N1CCCCc2ccccc21. The maximum Gasteiger partial charge on any atom is 0.240 e. The molecule has 1 amide bonds. The number of benzene rings is 1. The predicted octanol–water partition coefficient (Wildman–Crippen LogP) is 3.31. The highest BCUT2D eigenvalue weighted by molar-refractivity contribution is 7.81. The van der Waals surface area contributed by atoms with Crippen molar-refractivity contribution in [3.63, 3.8) is 0 Å². The highest BCUT2D eigenvalue weighted by atomic mass is 32.1. The van der Waals surface area contributed by atoms with E-state index >= 15 is 0 Å². The third-order valence-corrected chi connectivity index (χ3v) is 4.33. The molecule has 0 radical (unpaired) electrons. The van der Waals surface area contributed by atoms with Crippen LogP contribution in [0, 0.1) is 5.92 Å². The summed E-state index contributed by atoms with van der Waals surface area (Å²) in [6, 6.07) is 8.24. The summed E-state index contributed by atoms with van der Waals surface area (Å²) >= 11 is 4.47. The van der Waals surface area contributed by atoms with Gasteiger partial charge in [0.05, 0.1) is 5.25 Å². The van der Waals surface area contributed by atoms with Crippen LogP contribution in [0.25, 0.3) is 0 Å². The molecule has 1 heterocycles. The predicted molar refractivity (Wildman–Crippen MR) is 79.3 cm³/mol. The number of aryl methyl sites for hydroxylation is 1. The number of para-hydroxylation sites is 1. The van der Waals surface area contributed by atoms with Crippen LogP contribution >= 0.6 is 12.6 Å². The molecule has 0 spiro atoms. The number of rotatable bonds is 2. The standard InChI is InChI=1S/C15H21NOS/c1-11(2)14(18)15(17)16-10-6-5-8-12-7-3-4-9-13(12)16/h3-4,7,9,11,14,18H,5-6,8,10H2,1-2H3. The first-order valence-electron chi connectivity index (χ1n) is 6.68. The molecule has 0 N–H and O–H groups in total. The second-order valence-electron chi connectivity index (χ2n) is 5.26. The minimum atomic E-state index is -0.212. The van der Waals surface area contributed by atoms with E-state index in [9.17, 15) is 4.79 Å². The summed E-state index contributed by atoms with van der Waals surface area (Å²) in [6.07, 6.45) is 3.29. The highest BCUT2D eigenvalue weighted by Gasteiger charge is 2.27. The molecule has 1 aliphatic rings. The van der Waals surface area contributed by atoms with E-state index in [-0.39, 0.29) is 17.1 Å². The fourth-order valence-corrected chi connectivity index (χ4v) is 2.50. The lowest BCUT2D eigenvalue weighted by atomic mass is 10.1. The van der Waals surface area contributed by atoms with Crippen molar-refractivity contribution in [2.75, 3.05) is 11.4 Å². The molecule has 1 aromatic rings. The Kier molecular flexibility index (Phi) is 4.33. The third kappa shape index (κ3) is 2.72. The quantitative estimate of drug-likeness (QED) is 0.812. The zero-order valence-corrected chi connectivity index (χ0v) is 12.0. The van der Waals surface area contributed by atoms with E-state index in [1.54, 1.807) is 0 Å². The van der Waals surface area contributed by atoms with E-state index in [4.69, 9.17) is 0 Å². The minimum absolute atomic E-state index is 0.141. The summed E-state index contributed by atoms with van der Waals surface area (Å²) < 4.78 is 0. The lowest BCUT2D eigenvalue weighted by Crippen LogP contribution is -2.39. The fraction of sp³-hybridized carbons (Fsp3) is 0.533. The van der Waals surface area contributed by atoms with Crippen molar-refractivity contribution in [1.29, 1.82) is 0 Å². The van der Waals surface area contributed by atoms with Crippen LogP contribution in [0.3, 0.4) is 0 Å². The van der Waals surface area contributed by atoms with E-state index in [1.165, 1.54) is 5.56 Å².